The molecule has 14 heavy (non-hydrogen) atoms. The van der Waals surface area contributed by atoms with Crippen molar-refractivity contribution in [2.24, 2.45) is 5.73 Å². The largest absolute Gasteiger partial charge is 0.349 e. The van der Waals surface area contributed by atoms with Crippen LogP contribution in [0.15, 0.2) is 0 Å². The number of rotatable bonds is 2. The molecule has 0 saturated carbocycles. The molecule has 0 radical (unpaired) electrons. The van der Waals surface area contributed by atoms with E-state index in [-0.39, 0.29) is 5.91 Å². The Balaban J connectivity index is 2.67. The van der Waals surface area contributed by atoms with E-state index < -0.39 is 20.2 Å². The zero-order valence-electron chi connectivity index (χ0n) is 8.26. The van der Waals surface area contributed by atoms with Crippen molar-refractivity contribution in [3.8, 4) is 0 Å². The molecule has 6 heteroatoms. The van der Waals surface area contributed by atoms with Gasteiger partial charge in [-0.15, -0.1) is 0 Å². The minimum absolute atomic E-state index is 0.190. The Labute approximate surface area is 84.8 Å². The highest BCUT2D eigenvalue weighted by molar-refractivity contribution is 7.45. The smallest absolute Gasteiger partial charge is 0.239 e. The fourth-order valence-electron chi connectivity index (χ4n) is 1.67. The maximum Gasteiger partial charge on any atom is 0.239 e. The minimum atomic E-state index is -2.07. The molecule has 1 rings (SSSR count). The fourth-order valence-corrected chi connectivity index (χ4v) is 2.56. The van der Waals surface area contributed by atoms with Gasteiger partial charge in [-0.25, -0.2) is 0 Å². The Kier molecular flexibility index (Phi) is 4.26. The SMILES string of the molecule is C[C@H](N)C(=O)N1CCCCC1P(O)O. The van der Waals surface area contributed by atoms with Gasteiger partial charge in [0.1, 0.15) is 5.78 Å². The number of carbonyl (C=O) groups excluding carboxylic acids is 1. The molecule has 0 spiro atoms. The van der Waals surface area contributed by atoms with Gasteiger partial charge in [0.2, 0.25) is 5.91 Å². The molecule has 1 amide bonds. The average Bonchev–Trinajstić information content (AvgIpc) is 2.16. The molecule has 1 unspecified atom stereocenters. The summed E-state index contributed by atoms with van der Waals surface area (Å²) in [4.78, 5) is 31.4. The molecule has 0 aromatic carbocycles. The number of hydrogen-bond acceptors (Lipinski definition) is 4. The zero-order valence-corrected chi connectivity index (χ0v) is 9.15. The van der Waals surface area contributed by atoms with Gasteiger partial charge in [-0.2, -0.15) is 0 Å². The molecule has 1 aliphatic heterocycles. The third-order valence-electron chi connectivity index (χ3n) is 2.41. The summed E-state index contributed by atoms with van der Waals surface area (Å²) >= 11 is 0. The summed E-state index contributed by atoms with van der Waals surface area (Å²) in [6.07, 6.45) is 2.52. The van der Waals surface area contributed by atoms with Gasteiger partial charge in [0.15, 0.2) is 8.38 Å². The van der Waals surface area contributed by atoms with Crippen molar-refractivity contribution in [3.63, 3.8) is 0 Å². The lowest BCUT2D eigenvalue weighted by Crippen LogP contribution is -2.49. The molecule has 0 aromatic heterocycles. The Bertz CT molecular complexity index is 211. The van der Waals surface area contributed by atoms with E-state index in [1.54, 1.807) is 6.92 Å². The van der Waals surface area contributed by atoms with Crippen LogP contribution in [0, 0.1) is 0 Å². The van der Waals surface area contributed by atoms with E-state index in [0.29, 0.717) is 13.0 Å². The van der Waals surface area contributed by atoms with E-state index in [9.17, 15) is 4.79 Å². The highest BCUT2D eigenvalue weighted by Crippen LogP contribution is 2.39. The standard InChI is InChI=1S/C8H17N2O3P/c1-6(9)8(11)10-5-3-2-4-7(10)14(12)13/h6-7,12-13H,2-5,9H2,1H3/t6-,7?/m0/s1. The fraction of sp³-hybridized carbons (Fsp3) is 0.875. The third-order valence-corrected chi connectivity index (χ3v) is 3.48. The summed E-state index contributed by atoms with van der Waals surface area (Å²) in [5.41, 5.74) is 5.48. The van der Waals surface area contributed by atoms with Crippen LogP contribution < -0.4 is 5.73 Å². The van der Waals surface area contributed by atoms with E-state index in [1.807, 2.05) is 0 Å². The molecule has 0 aliphatic carbocycles. The first kappa shape index (κ1) is 11.9. The Morgan fingerprint density at radius 2 is 2.21 bits per heavy atom. The van der Waals surface area contributed by atoms with Crippen LogP contribution in [0.3, 0.4) is 0 Å². The maximum atomic E-state index is 11.6. The van der Waals surface area contributed by atoms with E-state index in [2.05, 4.69) is 0 Å². The van der Waals surface area contributed by atoms with Crippen LogP contribution in [0.4, 0.5) is 0 Å². The van der Waals surface area contributed by atoms with Crippen LogP contribution in [0.1, 0.15) is 26.2 Å². The van der Waals surface area contributed by atoms with Gasteiger partial charge in [0, 0.05) is 6.54 Å². The van der Waals surface area contributed by atoms with E-state index >= 15 is 0 Å². The Morgan fingerprint density at radius 1 is 1.57 bits per heavy atom. The number of nitrogens with two attached hydrogens (primary N) is 1. The van der Waals surface area contributed by atoms with Crippen molar-refractivity contribution in [2.75, 3.05) is 6.54 Å². The molecule has 0 aromatic rings. The Hall–Kier alpha value is -0.220. The lowest BCUT2D eigenvalue weighted by atomic mass is 10.1. The molecule has 2 atom stereocenters. The quantitative estimate of drug-likeness (QED) is 0.570. The van der Waals surface area contributed by atoms with E-state index in [0.717, 1.165) is 12.8 Å². The van der Waals surface area contributed by atoms with Gasteiger partial charge in [-0.05, 0) is 26.2 Å². The van der Waals surface area contributed by atoms with Gasteiger partial charge in [-0.3, -0.25) is 4.79 Å². The number of carbonyl (C=O) groups is 1. The summed E-state index contributed by atoms with van der Waals surface area (Å²) in [6, 6.07) is -0.564. The molecular formula is C8H17N2O3P. The van der Waals surface area contributed by atoms with Crippen molar-refractivity contribution in [2.45, 2.75) is 38.0 Å². The maximum absolute atomic E-state index is 11.6. The first-order chi connectivity index (χ1) is 6.54. The second-order valence-electron chi connectivity index (χ2n) is 3.62. The summed E-state index contributed by atoms with van der Waals surface area (Å²) in [7, 11) is -2.07. The summed E-state index contributed by atoms with van der Waals surface area (Å²) < 4.78 is 0. The number of amides is 1. The zero-order chi connectivity index (χ0) is 10.7. The summed E-state index contributed by atoms with van der Waals surface area (Å²) in [5, 5.41) is 0. The molecule has 1 aliphatic rings. The second kappa shape index (κ2) is 5.03. The van der Waals surface area contributed by atoms with Crippen LogP contribution in [-0.4, -0.2) is 39.0 Å². The predicted molar refractivity (Wildman–Crippen MR) is 54.4 cm³/mol. The van der Waals surface area contributed by atoms with Crippen LogP contribution in [0.25, 0.3) is 0 Å². The first-order valence-corrected chi connectivity index (χ1v) is 6.08. The van der Waals surface area contributed by atoms with E-state index in [1.165, 1.54) is 4.90 Å². The second-order valence-corrected chi connectivity index (χ2v) is 4.85. The molecular weight excluding hydrogens is 203 g/mol. The lowest BCUT2D eigenvalue weighted by Gasteiger charge is -2.36. The Morgan fingerprint density at radius 3 is 2.71 bits per heavy atom. The molecule has 1 heterocycles. The molecule has 0 bridgehead atoms. The average molecular weight is 220 g/mol. The number of piperidine rings is 1. The first-order valence-electron chi connectivity index (χ1n) is 4.77. The number of likely N-dealkylation sites (tertiary alicyclic amines) is 1. The normalized spacial score (nSPS) is 25.2. The van der Waals surface area contributed by atoms with E-state index in [4.69, 9.17) is 15.5 Å². The van der Waals surface area contributed by atoms with Crippen molar-refractivity contribution in [1.29, 1.82) is 0 Å². The van der Waals surface area contributed by atoms with Gasteiger partial charge in [0.05, 0.1) is 6.04 Å². The van der Waals surface area contributed by atoms with Crippen LogP contribution >= 0.6 is 8.38 Å². The molecule has 82 valence electrons. The topological polar surface area (TPSA) is 86.8 Å². The molecule has 5 nitrogen and oxygen atoms in total. The third kappa shape index (κ3) is 2.64. The van der Waals surface area contributed by atoms with Crippen LogP contribution in [0.5, 0.6) is 0 Å². The van der Waals surface area contributed by atoms with Gasteiger partial charge < -0.3 is 20.4 Å². The monoisotopic (exact) mass is 220 g/mol. The highest BCUT2D eigenvalue weighted by Gasteiger charge is 2.32. The number of hydrogen-bond donors (Lipinski definition) is 3. The minimum Gasteiger partial charge on any atom is -0.349 e. The lowest BCUT2D eigenvalue weighted by molar-refractivity contribution is -0.134. The van der Waals surface area contributed by atoms with Crippen LogP contribution in [-0.2, 0) is 4.79 Å². The summed E-state index contributed by atoms with van der Waals surface area (Å²) in [5.74, 6) is -0.609. The number of nitrogens with zero attached hydrogens (tertiary/aromatic N) is 1. The van der Waals surface area contributed by atoms with Crippen molar-refractivity contribution in [1.82, 2.24) is 4.90 Å². The molecule has 4 N–H and O–H groups in total. The molecule has 1 saturated heterocycles. The van der Waals surface area contributed by atoms with Crippen molar-refractivity contribution in [3.05, 3.63) is 0 Å². The summed E-state index contributed by atoms with van der Waals surface area (Å²) in [6.45, 7) is 2.20. The highest BCUT2D eigenvalue weighted by atomic mass is 31.2. The molecule has 1 fully saturated rings. The van der Waals surface area contributed by atoms with Gasteiger partial charge in [-0.1, -0.05) is 0 Å². The van der Waals surface area contributed by atoms with Crippen molar-refractivity contribution >= 4 is 14.3 Å². The van der Waals surface area contributed by atoms with Crippen LogP contribution in [0.2, 0.25) is 0 Å². The van der Waals surface area contributed by atoms with Gasteiger partial charge in [0.25, 0.3) is 0 Å². The predicted octanol–water partition coefficient (Wildman–Crippen LogP) is -0.0313. The van der Waals surface area contributed by atoms with Crippen molar-refractivity contribution < 1.29 is 14.6 Å². The van der Waals surface area contributed by atoms with Gasteiger partial charge >= 0.3 is 0 Å².